The highest BCUT2D eigenvalue weighted by atomic mass is 16.5. The van der Waals surface area contributed by atoms with Crippen LogP contribution in [0.4, 0.5) is 5.82 Å². The molecule has 29 heavy (non-hydrogen) atoms. The molecule has 2 aliphatic rings. The average Bonchev–Trinajstić information content (AvgIpc) is 2.74. The fourth-order valence-corrected chi connectivity index (χ4v) is 3.83. The van der Waals surface area contributed by atoms with Crippen LogP contribution in [-0.2, 0) is 4.74 Å². The number of methoxy groups -OCH3 is 1. The van der Waals surface area contributed by atoms with E-state index in [1.807, 2.05) is 0 Å². The Bertz CT molecular complexity index is 920. The number of hydrogen-bond donors (Lipinski definition) is 0. The van der Waals surface area contributed by atoms with Gasteiger partial charge in [0.2, 0.25) is 0 Å². The summed E-state index contributed by atoms with van der Waals surface area (Å²) in [5.74, 6) is 1.57. The maximum atomic E-state index is 12.7. The van der Waals surface area contributed by atoms with Gasteiger partial charge in [0.15, 0.2) is 17.3 Å². The number of ketones is 1. The topological polar surface area (TPSA) is 90.9 Å². The van der Waals surface area contributed by atoms with Crippen molar-refractivity contribution in [2.24, 2.45) is 0 Å². The van der Waals surface area contributed by atoms with Crippen molar-refractivity contribution >= 4 is 17.6 Å². The van der Waals surface area contributed by atoms with Gasteiger partial charge in [-0.15, -0.1) is 10.2 Å². The lowest BCUT2D eigenvalue weighted by Crippen LogP contribution is -2.51. The quantitative estimate of drug-likeness (QED) is 0.728. The van der Waals surface area contributed by atoms with Crippen molar-refractivity contribution in [1.82, 2.24) is 10.2 Å². The van der Waals surface area contributed by atoms with E-state index in [0.717, 1.165) is 0 Å². The van der Waals surface area contributed by atoms with E-state index in [0.29, 0.717) is 61.8 Å². The first kappa shape index (κ1) is 19.2. The van der Waals surface area contributed by atoms with E-state index < -0.39 is 11.6 Å². The molecule has 2 aliphatic heterocycles. The number of nitrogens with zero attached hydrogens (tertiary/aromatic N) is 3. The zero-order chi connectivity index (χ0) is 20.4. The number of aromatic nitrogens is 2. The van der Waals surface area contributed by atoms with Gasteiger partial charge in [-0.05, 0) is 31.2 Å². The van der Waals surface area contributed by atoms with Crippen LogP contribution >= 0.6 is 0 Å². The minimum atomic E-state index is -0.509. The van der Waals surface area contributed by atoms with Crippen molar-refractivity contribution in [1.29, 1.82) is 0 Å². The zero-order valence-electron chi connectivity index (χ0n) is 16.5. The van der Waals surface area contributed by atoms with Gasteiger partial charge in [-0.3, -0.25) is 4.79 Å². The molecule has 0 N–H and O–H groups in total. The van der Waals surface area contributed by atoms with Crippen LogP contribution in [0.2, 0.25) is 0 Å². The van der Waals surface area contributed by atoms with Gasteiger partial charge in [-0.1, -0.05) is 0 Å². The predicted molar refractivity (Wildman–Crippen MR) is 105 cm³/mol. The monoisotopic (exact) mass is 397 g/mol. The second-order valence-electron chi connectivity index (χ2n) is 7.23. The number of Topliss-reactive ketones (excluding diaryl/α,β-unsaturated/α-hetero) is 1. The molecule has 1 aromatic heterocycles. The molecular formula is C21H23N3O5. The van der Waals surface area contributed by atoms with E-state index in [4.69, 9.17) is 14.2 Å². The van der Waals surface area contributed by atoms with Crippen molar-refractivity contribution in [3.63, 3.8) is 0 Å². The van der Waals surface area contributed by atoms with E-state index in [9.17, 15) is 9.59 Å². The minimum Gasteiger partial charge on any atom is -0.497 e. The van der Waals surface area contributed by atoms with Crippen molar-refractivity contribution in [2.75, 3.05) is 31.7 Å². The molecule has 0 bridgehead atoms. The SMILES string of the molecule is CCOC(=O)c1ccc(N2CCC3(CC2)CC(=O)c2ccc(OC)cc2O3)nn1. The van der Waals surface area contributed by atoms with E-state index in [1.54, 1.807) is 44.4 Å². The van der Waals surface area contributed by atoms with Crippen molar-refractivity contribution < 1.29 is 23.8 Å². The number of carbonyl (C=O) groups excluding carboxylic acids is 2. The van der Waals surface area contributed by atoms with E-state index in [2.05, 4.69) is 15.1 Å². The van der Waals surface area contributed by atoms with Gasteiger partial charge < -0.3 is 19.1 Å². The van der Waals surface area contributed by atoms with Gasteiger partial charge in [-0.25, -0.2) is 4.79 Å². The van der Waals surface area contributed by atoms with Gasteiger partial charge in [0.1, 0.15) is 17.1 Å². The summed E-state index contributed by atoms with van der Waals surface area (Å²) in [4.78, 5) is 26.5. The van der Waals surface area contributed by atoms with E-state index >= 15 is 0 Å². The second-order valence-corrected chi connectivity index (χ2v) is 7.23. The maximum absolute atomic E-state index is 12.7. The first-order chi connectivity index (χ1) is 14.0. The number of carbonyl (C=O) groups is 2. The highest BCUT2D eigenvalue weighted by Crippen LogP contribution is 2.41. The van der Waals surface area contributed by atoms with Crippen LogP contribution in [0.1, 0.15) is 47.0 Å². The molecule has 3 heterocycles. The number of rotatable bonds is 4. The molecule has 152 valence electrons. The third-order valence-electron chi connectivity index (χ3n) is 5.43. The lowest BCUT2D eigenvalue weighted by molar-refractivity contribution is 0.0229. The van der Waals surface area contributed by atoms with Gasteiger partial charge in [0, 0.05) is 32.0 Å². The molecule has 0 radical (unpaired) electrons. The van der Waals surface area contributed by atoms with Crippen molar-refractivity contribution in [3.8, 4) is 11.5 Å². The molecule has 4 rings (SSSR count). The maximum Gasteiger partial charge on any atom is 0.358 e. The fraction of sp³-hybridized carbons (Fsp3) is 0.429. The molecule has 1 saturated heterocycles. The zero-order valence-corrected chi connectivity index (χ0v) is 16.5. The molecule has 0 saturated carbocycles. The number of anilines is 1. The van der Waals surface area contributed by atoms with Crippen LogP contribution in [0.15, 0.2) is 30.3 Å². The fourth-order valence-electron chi connectivity index (χ4n) is 3.83. The first-order valence-electron chi connectivity index (χ1n) is 9.69. The Labute approximate surface area is 168 Å². The molecule has 0 amide bonds. The Balaban J connectivity index is 1.45. The van der Waals surface area contributed by atoms with Crippen LogP contribution in [0.5, 0.6) is 11.5 Å². The molecule has 8 nitrogen and oxygen atoms in total. The highest BCUT2D eigenvalue weighted by molar-refractivity contribution is 6.00. The van der Waals surface area contributed by atoms with Crippen LogP contribution < -0.4 is 14.4 Å². The third kappa shape index (κ3) is 3.74. The largest absolute Gasteiger partial charge is 0.497 e. The van der Waals surface area contributed by atoms with Crippen molar-refractivity contribution in [3.05, 3.63) is 41.6 Å². The normalized spacial score (nSPS) is 17.4. The summed E-state index contributed by atoms with van der Waals surface area (Å²) in [6.07, 6.45) is 1.75. The predicted octanol–water partition coefficient (Wildman–Crippen LogP) is 2.67. The Hall–Kier alpha value is -3.16. The summed E-state index contributed by atoms with van der Waals surface area (Å²) in [7, 11) is 1.59. The number of benzene rings is 1. The van der Waals surface area contributed by atoms with Crippen molar-refractivity contribution in [2.45, 2.75) is 31.8 Å². The summed E-state index contributed by atoms with van der Waals surface area (Å²) in [6.45, 7) is 3.40. The highest BCUT2D eigenvalue weighted by Gasteiger charge is 2.43. The number of piperidine rings is 1. The summed E-state index contributed by atoms with van der Waals surface area (Å²) >= 11 is 0. The smallest absolute Gasteiger partial charge is 0.358 e. The number of esters is 1. The Morgan fingerprint density at radius 3 is 2.66 bits per heavy atom. The molecule has 0 unspecified atom stereocenters. The summed E-state index contributed by atoms with van der Waals surface area (Å²) in [5, 5.41) is 8.14. The lowest BCUT2D eigenvalue weighted by Gasteiger charge is -2.44. The van der Waals surface area contributed by atoms with Gasteiger partial charge in [0.25, 0.3) is 0 Å². The molecule has 0 aliphatic carbocycles. The molecule has 1 aromatic carbocycles. The summed E-state index contributed by atoms with van der Waals surface area (Å²) in [5.41, 5.74) is 0.292. The van der Waals surface area contributed by atoms with Crippen LogP contribution in [0, 0.1) is 0 Å². The van der Waals surface area contributed by atoms with Gasteiger partial charge >= 0.3 is 5.97 Å². The standard InChI is InChI=1S/C21H23N3O5/c1-3-28-20(26)16-6-7-19(23-22-16)24-10-8-21(9-11-24)13-17(25)15-5-4-14(27-2)12-18(15)29-21/h4-7,12H,3,8-11,13H2,1-2H3. The third-order valence-corrected chi connectivity index (χ3v) is 5.43. The Morgan fingerprint density at radius 2 is 2.00 bits per heavy atom. The number of hydrogen-bond acceptors (Lipinski definition) is 8. The minimum absolute atomic E-state index is 0.0981. The first-order valence-corrected chi connectivity index (χ1v) is 9.69. The number of fused-ring (bicyclic) bond motifs is 1. The van der Waals surface area contributed by atoms with Crippen LogP contribution in [0.3, 0.4) is 0 Å². The van der Waals surface area contributed by atoms with Crippen LogP contribution in [0.25, 0.3) is 0 Å². The molecule has 1 spiro atoms. The van der Waals surface area contributed by atoms with Gasteiger partial charge in [-0.2, -0.15) is 0 Å². The number of ether oxygens (including phenoxy) is 3. The lowest BCUT2D eigenvalue weighted by atomic mass is 9.82. The second kappa shape index (κ2) is 7.69. The Morgan fingerprint density at radius 1 is 1.21 bits per heavy atom. The van der Waals surface area contributed by atoms with E-state index in [1.165, 1.54) is 0 Å². The molecular weight excluding hydrogens is 374 g/mol. The average molecular weight is 397 g/mol. The summed E-state index contributed by atoms with van der Waals surface area (Å²) < 4.78 is 16.5. The molecule has 8 heteroatoms. The van der Waals surface area contributed by atoms with E-state index in [-0.39, 0.29) is 11.5 Å². The molecule has 1 fully saturated rings. The van der Waals surface area contributed by atoms with Gasteiger partial charge in [0.05, 0.1) is 25.7 Å². The molecule has 0 atom stereocenters. The Kier molecular flexibility index (Phi) is 5.08. The van der Waals surface area contributed by atoms with Crippen LogP contribution in [-0.4, -0.2) is 54.4 Å². The summed E-state index contributed by atoms with van der Waals surface area (Å²) in [6, 6.07) is 8.71. The molecule has 2 aromatic rings.